The van der Waals surface area contributed by atoms with E-state index in [1.165, 1.54) is 13.7 Å². The Bertz CT molecular complexity index is 396. The molecule has 1 heterocycles. The molecule has 8 nitrogen and oxygen atoms in total. The zero-order valence-corrected chi connectivity index (χ0v) is 19.8. The van der Waals surface area contributed by atoms with E-state index < -0.39 is 43.5 Å². The summed E-state index contributed by atoms with van der Waals surface area (Å²) in [6, 6.07) is 0. The van der Waals surface area contributed by atoms with E-state index in [1.54, 1.807) is 20.2 Å². The fraction of sp³-hybridized carbons (Fsp3) is 1.00. The van der Waals surface area contributed by atoms with E-state index in [2.05, 4.69) is 19.6 Å². The Hall–Kier alpha value is 0.764. The van der Waals surface area contributed by atoms with Crippen LogP contribution in [0.3, 0.4) is 0 Å². The van der Waals surface area contributed by atoms with Crippen LogP contribution in [0.5, 0.6) is 0 Å². The first-order chi connectivity index (χ1) is 9.66. The molecule has 1 saturated heterocycles. The first kappa shape index (κ1) is 20.8. The average Bonchev–Trinajstić information content (AvgIpc) is 2.22. The largest absolute Gasteiger partial charge is 0.487 e. The highest BCUT2D eigenvalue weighted by Crippen LogP contribution is 2.36. The minimum atomic E-state index is -3.22. The van der Waals surface area contributed by atoms with Gasteiger partial charge < -0.3 is 34.2 Å². The Morgan fingerprint density at radius 3 is 1.64 bits per heavy atom. The smallest absolute Gasteiger partial charge is 0.416 e. The van der Waals surface area contributed by atoms with Crippen LogP contribution in [-0.2, 0) is 29.4 Å². The van der Waals surface area contributed by atoms with Gasteiger partial charge in [0.2, 0.25) is 0 Å². The minimum absolute atomic E-state index is 1.40. The van der Waals surface area contributed by atoms with Gasteiger partial charge in [-0.05, 0) is 19.6 Å². The van der Waals surface area contributed by atoms with E-state index >= 15 is 0 Å². The SMILES string of the molecule is CO[Si](C)(O)O[Si]1(C)O[Si](C)(O[Si](C)(OC)O[Si](C)(C)C)O1. The van der Waals surface area contributed by atoms with Gasteiger partial charge >= 0.3 is 35.2 Å². The molecule has 0 aromatic rings. The summed E-state index contributed by atoms with van der Waals surface area (Å²) in [6.07, 6.45) is 0. The summed E-state index contributed by atoms with van der Waals surface area (Å²) in [5, 5.41) is 0. The predicted molar refractivity (Wildman–Crippen MR) is 91.5 cm³/mol. The van der Waals surface area contributed by atoms with Crippen molar-refractivity contribution >= 4 is 43.5 Å². The summed E-state index contributed by atoms with van der Waals surface area (Å²) in [4.78, 5) is 9.93. The molecule has 132 valence electrons. The number of hydrogen-bond acceptors (Lipinski definition) is 8. The Balaban J connectivity index is 2.68. The molecule has 0 bridgehead atoms. The Kier molecular flexibility index (Phi) is 6.22. The lowest BCUT2D eigenvalue weighted by Crippen LogP contribution is -2.75. The Morgan fingerprint density at radius 2 is 1.27 bits per heavy atom. The number of hydrogen-bond donors (Lipinski definition) is 1. The topological polar surface area (TPSA) is 84.8 Å². The third kappa shape index (κ3) is 6.00. The summed E-state index contributed by atoms with van der Waals surface area (Å²) in [5.41, 5.74) is 0. The van der Waals surface area contributed by atoms with Crippen molar-refractivity contribution in [1.82, 2.24) is 0 Å². The summed E-state index contributed by atoms with van der Waals surface area (Å²) in [7, 11) is -10.7. The van der Waals surface area contributed by atoms with Crippen molar-refractivity contribution in [3.05, 3.63) is 0 Å². The van der Waals surface area contributed by atoms with Crippen molar-refractivity contribution in [3.63, 3.8) is 0 Å². The van der Waals surface area contributed by atoms with Crippen LogP contribution in [0.2, 0.25) is 45.8 Å². The highest BCUT2D eigenvalue weighted by atomic mass is 28.6. The van der Waals surface area contributed by atoms with Gasteiger partial charge in [-0.3, -0.25) is 0 Å². The predicted octanol–water partition coefficient (Wildman–Crippen LogP) is 1.48. The molecule has 2 unspecified atom stereocenters. The zero-order valence-electron chi connectivity index (χ0n) is 14.8. The maximum Gasteiger partial charge on any atom is 0.487 e. The number of rotatable bonds is 8. The van der Waals surface area contributed by atoms with Gasteiger partial charge in [0.05, 0.1) is 0 Å². The molecule has 2 atom stereocenters. The van der Waals surface area contributed by atoms with Crippen LogP contribution < -0.4 is 0 Å². The van der Waals surface area contributed by atoms with Crippen molar-refractivity contribution in [1.29, 1.82) is 0 Å². The molecular weight excluding hydrogens is 377 g/mol. The summed E-state index contributed by atoms with van der Waals surface area (Å²) < 4.78 is 39.7. The van der Waals surface area contributed by atoms with Gasteiger partial charge in [-0.1, -0.05) is 0 Å². The Morgan fingerprint density at radius 1 is 0.818 bits per heavy atom. The summed E-state index contributed by atoms with van der Waals surface area (Å²) in [6.45, 7) is 13.0. The van der Waals surface area contributed by atoms with E-state index in [0.717, 1.165) is 0 Å². The molecular formula is C9H28O8Si5. The highest BCUT2D eigenvalue weighted by Gasteiger charge is 2.67. The molecule has 0 saturated carbocycles. The molecule has 22 heavy (non-hydrogen) atoms. The average molecular weight is 405 g/mol. The van der Waals surface area contributed by atoms with Gasteiger partial charge in [0.1, 0.15) is 0 Å². The normalized spacial score (nSPS) is 34.6. The van der Waals surface area contributed by atoms with Crippen LogP contribution in [0.15, 0.2) is 0 Å². The van der Waals surface area contributed by atoms with E-state index in [-0.39, 0.29) is 0 Å². The van der Waals surface area contributed by atoms with Crippen LogP contribution in [0, 0.1) is 0 Å². The molecule has 1 aliphatic heterocycles. The lowest BCUT2D eigenvalue weighted by Gasteiger charge is -2.50. The van der Waals surface area contributed by atoms with Gasteiger partial charge in [0, 0.05) is 40.4 Å². The van der Waals surface area contributed by atoms with Crippen LogP contribution in [-0.4, -0.2) is 62.6 Å². The molecule has 1 rings (SSSR count). The highest BCUT2D eigenvalue weighted by molar-refractivity contribution is 6.94. The molecule has 0 aromatic carbocycles. The second-order valence-corrected chi connectivity index (χ2v) is 22.6. The van der Waals surface area contributed by atoms with Gasteiger partial charge in [-0.25, -0.2) is 0 Å². The summed E-state index contributed by atoms with van der Waals surface area (Å²) in [5.74, 6) is 0. The van der Waals surface area contributed by atoms with Gasteiger partial charge in [0.25, 0.3) is 0 Å². The molecule has 1 aliphatic rings. The first-order valence-electron chi connectivity index (χ1n) is 6.99. The zero-order chi connectivity index (χ0) is 17.4. The third-order valence-electron chi connectivity index (χ3n) is 2.73. The fourth-order valence-corrected chi connectivity index (χ4v) is 21.2. The molecule has 0 spiro atoms. The first-order valence-corrected chi connectivity index (χ1v) is 19.3. The molecule has 0 radical (unpaired) electrons. The second-order valence-electron chi connectivity index (χ2n) is 6.52. The van der Waals surface area contributed by atoms with Crippen LogP contribution in [0.1, 0.15) is 0 Å². The van der Waals surface area contributed by atoms with E-state index in [4.69, 9.17) is 29.4 Å². The van der Waals surface area contributed by atoms with E-state index in [0.29, 0.717) is 0 Å². The van der Waals surface area contributed by atoms with Crippen molar-refractivity contribution < 1.29 is 34.2 Å². The Labute approximate surface area is 138 Å². The van der Waals surface area contributed by atoms with E-state index in [1.807, 2.05) is 6.55 Å². The van der Waals surface area contributed by atoms with Crippen molar-refractivity contribution in [2.24, 2.45) is 0 Å². The van der Waals surface area contributed by atoms with Gasteiger partial charge in [-0.15, -0.1) is 0 Å². The quantitative estimate of drug-likeness (QED) is 0.609. The lowest BCUT2D eigenvalue weighted by atomic mass is 11.8. The van der Waals surface area contributed by atoms with Crippen molar-refractivity contribution in [2.45, 2.75) is 45.8 Å². The molecule has 0 aromatic heterocycles. The maximum atomic E-state index is 9.93. The summed E-state index contributed by atoms with van der Waals surface area (Å²) >= 11 is 0. The standard InChI is InChI=1S/C9H28O8Si5/c1-11-19(6,10)14-21(8)16-22(9,17-21)15-20(7,12-2)13-18(3,4)5/h10H,1-9H3. The monoisotopic (exact) mass is 404 g/mol. The van der Waals surface area contributed by atoms with Crippen LogP contribution in [0.25, 0.3) is 0 Å². The molecule has 0 aliphatic carbocycles. The van der Waals surface area contributed by atoms with Crippen molar-refractivity contribution in [2.75, 3.05) is 14.2 Å². The minimum Gasteiger partial charge on any atom is -0.416 e. The van der Waals surface area contributed by atoms with Crippen molar-refractivity contribution in [3.8, 4) is 0 Å². The second kappa shape index (κ2) is 6.58. The van der Waals surface area contributed by atoms with Gasteiger partial charge in [-0.2, -0.15) is 0 Å². The van der Waals surface area contributed by atoms with Crippen LogP contribution in [0.4, 0.5) is 0 Å². The molecule has 0 amide bonds. The van der Waals surface area contributed by atoms with Crippen LogP contribution >= 0.6 is 0 Å². The third-order valence-corrected chi connectivity index (χ3v) is 20.1. The van der Waals surface area contributed by atoms with E-state index in [9.17, 15) is 4.80 Å². The van der Waals surface area contributed by atoms with Gasteiger partial charge in [0.15, 0.2) is 8.32 Å². The molecule has 1 fully saturated rings. The fourth-order valence-electron chi connectivity index (χ4n) is 2.15. The maximum absolute atomic E-state index is 9.93. The molecule has 1 N–H and O–H groups in total. The lowest BCUT2D eigenvalue weighted by molar-refractivity contribution is 0.0439. The molecule has 13 heteroatoms.